The molecule has 0 heterocycles. The van der Waals surface area contributed by atoms with E-state index in [9.17, 15) is 9.90 Å². The van der Waals surface area contributed by atoms with Crippen molar-refractivity contribution in [2.45, 2.75) is 91.2 Å². The highest BCUT2D eigenvalue weighted by Gasteiger charge is 2.51. The number of carboxylic acid groups (broad SMARTS) is 1. The third-order valence-corrected chi connectivity index (χ3v) is 11.9. The van der Waals surface area contributed by atoms with E-state index in [1.807, 2.05) is 0 Å². The van der Waals surface area contributed by atoms with Crippen LogP contribution < -0.4 is 5.11 Å². The first-order valence-electron chi connectivity index (χ1n) is 14.8. The molecule has 0 saturated heterocycles. The lowest BCUT2D eigenvalue weighted by Crippen LogP contribution is -2.54. The molecule has 3 aromatic rings. The van der Waals surface area contributed by atoms with Gasteiger partial charge in [0.1, 0.15) is 0 Å². The lowest BCUT2D eigenvalue weighted by Gasteiger charge is -2.57. The van der Waals surface area contributed by atoms with E-state index in [4.69, 9.17) is 0 Å². The summed E-state index contributed by atoms with van der Waals surface area (Å²) in [6.07, 6.45) is 13.6. The molecule has 0 atom stereocenters. The smallest absolute Gasteiger partial charge is 0.166 e. The van der Waals surface area contributed by atoms with E-state index in [1.54, 1.807) is 0 Å². The minimum atomic E-state index is -0.758. The molecule has 198 valence electrons. The van der Waals surface area contributed by atoms with Gasteiger partial charge in [-0.3, -0.25) is 0 Å². The van der Waals surface area contributed by atoms with Crippen LogP contribution in [0.5, 0.6) is 0 Å². The average Bonchev–Trinajstić information content (AvgIpc) is 2.95. The predicted molar refractivity (Wildman–Crippen MR) is 153 cm³/mol. The summed E-state index contributed by atoms with van der Waals surface area (Å²) in [5, 5.41) is 11.1. The van der Waals surface area contributed by atoms with Crippen LogP contribution in [0.25, 0.3) is 0 Å². The number of benzene rings is 3. The molecule has 0 unspecified atom stereocenters. The summed E-state index contributed by atoms with van der Waals surface area (Å²) in [6, 6.07) is 31.3. The molecule has 0 amide bonds. The van der Waals surface area contributed by atoms with Gasteiger partial charge in [0.2, 0.25) is 0 Å². The molecule has 0 radical (unpaired) electrons. The van der Waals surface area contributed by atoms with E-state index < -0.39 is 11.4 Å². The molecule has 3 heteroatoms. The molecule has 0 spiro atoms. The SMILES string of the molecule is O=C([O-])C12CC3CC(CC(C3)C1)C2.c1ccc([S+](c2ccccc2)c2ccc(C3CCCCC3)cc2)cc1. The van der Waals surface area contributed by atoms with Crippen molar-refractivity contribution in [3.05, 3.63) is 90.5 Å². The minimum Gasteiger partial charge on any atom is -0.550 e. The first kappa shape index (κ1) is 25.7. The summed E-state index contributed by atoms with van der Waals surface area (Å²) in [5.74, 6) is 2.15. The van der Waals surface area contributed by atoms with E-state index in [0.29, 0.717) is 17.8 Å². The first-order valence-corrected chi connectivity index (χ1v) is 16.0. The van der Waals surface area contributed by atoms with E-state index >= 15 is 0 Å². The Hall–Kier alpha value is -2.52. The van der Waals surface area contributed by atoms with Crippen LogP contribution in [0.3, 0.4) is 0 Å². The van der Waals surface area contributed by atoms with Gasteiger partial charge in [-0.1, -0.05) is 67.8 Å². The number of rotatable bonds is 5. The van der Waals surface area contributed by atoms with E-state index in [1.165, 1.54) is 71.6 Å². The highest BCUT2D eigenvalue weighted by molar-refractivity contribution is 7.97. The van der Waals surface area contributed by atoms with Crippen LogP contribution in [-0.2, 0) is 15.7 Å². The second-order valence-corrected chi connectivity index (χ2v) is 14.3. The Bertz CT molecular complexity index is 1120. The normalized spacial score (nSPS) is 28.1. The Balaban J connectivity index is 0.000000169. The van der Waals surface area contributed by atoms with Gasteiger partial charge in [0, 0.05) is 11.4 Å². The van der Waals surface area contributed by atoms with Crippen LogP contribution in [0.4, 0.5) is 0 Å². The molecule has 5 aliphatic carbocycles. The number of carbonyl (C=O) groups is 1. The van der Waals surface area contributed by atoms with Crippen LogP contribution in [0, 0.1) is 23.2 Å². The van der Waals surface area contributed by atoms with Gasteiger partial charge >= 0.3 is 0 Å². The Morgan fingerprint density at radius 2 is 1.08 bits per heavy atom. The first-order chi connectivity index (χ1) is 18.6. The standard InChI is InChI=1S/C24H25S.C11H16O2/c1-4-10-20(11-5-1)21-16-18-24(19-17-21)25(22-12-6-2-7-13-22)23-14-8-3-9-15-23;12-10(13)11-4-7-1-8(5-11)3-9(2-7)6-11/h2-3,6-9,12-20H,1,4-5,10-11H2;7-9H,1-6H2,(H,12,13)/q+1;/p-1. The highest BCUT2D eigenvalue weighted by Crippen LogP contribution is 2.59. The van der Waals surface area contributed by atoms with Gasteiger partial charge in [0.25, 0.3) is 0 Å². The maximum atomic E-state index is 11.1. The molecular formula is C35H40O2S. The van der Waals surface area contributed by atoms with Crippen molar-refractivity contribution in [1.82, 2.24) is 0 Å². The molecule has 0 aliphatic heterocycles. The fraction of sp³-hybridized carbons (Fsp3) is 0.457. The molecule has 5 fully saturated rings. The summed E-state index contributed by atoms with van der Waals surface area (Å²) >= 11 is 0. The molecule has 8 rings (SSSR count). The average molecular weight is 525 g/mol. The molecule has 38 heavy (non-hydrogen) atoms. The van der Waals surface area contributed by atoms with Crippen molar-refractivity contribution in [3.8, 4) is 0 Å². The Morgan fingerprint density at radius 3 is 1.53 bits per heavy atom. The maximum Gasteiger partial charge on any atom is 0.166 e. The molecule has 2 nitrogen and oxygen atoms in total. The van der Waals surface area contributed by atoms with Gasteiger partial charge < -0.3 is 9.90 Å². The van der Waals surface area contributed by atoms with Gasteiger partial charge in [0.05, 0.1) is 10.9 Å². The molecule has 0 aromatic heterocycles. The zero-order valence-electron chi connectivity index (χ0n) is 22.4. The van der Waals surface area contributed by atoms with E-state index in [-0.39, 0.29) is 10.9 Å². The fourth-order valence-electron chi connectivity index (χ4n) is 8.19. The summed E-state index contributed by atoms with van der Waals surface area (Å²) in [5.41, 5.74) is 1.14. The maximum absolute atomic E-state index is 11.1. The van der Waals surface area contributed by atoms with Crippen molar-refractivity contribution in [2.24, 2.45) is 23.2 Å². The van der Waals surface area contributed by atoms with Crippen molar-refractivity contribution in [2.75, 3.05) is 0 Å². The van der Waals surface area contributed by atoms with Crippen LogP contribution in [0.2, 0.25) is 0 Å². The monoisotopic (exact) mass is 524 g/mol. The minimum absolute atomic E-state index is 0.0278. The predicted octanol–water partition coefficient (Wildman–Crippen LogP) is 7.78. The second-order valence-electron chi connectivity index (χ2n) is 12.3. The lowest BCUT2D eigenvalue weighted by atomic mass is 9.49. The van der Waals surface area contributed by atoms with Gasteiger partial charge in [-0.25, -0.2) is 0 Å². The largest absolute Gasteiger partial charge is 0.550 e. The number of carbonyl (C=O) groups excluding carboxylic acids is 1. The van der Waals surface area contributed by atoms with Crippen molar-refractivity contribution in [3.63, 3.8) is 0 Å². The van der Waals surface area contributed by atoms with Gasteiger partial charge in [-0.2, -0.15) is 0 Å². The van der Waals surface area contributed by atoms with Crippen LogP contribution in [0.15, 0.2) is 99.6 Å². The van der Waals surface area contributed by atoms with Gasteiger partial charge in [0.15, 0.2) is 14.7 Å². The molecule has 4 bridgehead atoms. The Morgan fingerprint density at radius 1 is 0.632 bits per heavy atom. The van der Waals surface area contributed by atoms with Crippen molar-refractivity contribution in [1.29, 1.82) is 0 Å². The summed E-state index contributed by atoms with van der Waals surface area (Å²) in [7, 11) is -0.0278. The third kappa shape index (κ3) is 5.45. The Kier molecular flexibility index (Phi) is 7.66. The third-order valence-electron chi connectivity index (χ3n) is 9.62. The van der Waals surface area contributed by atoms with Crippen molar-refractivity contribution >= 4 is 16.9 Å². The van der Waals surface area contributed by atoms with Crippen LogP contribution in [-0.4, -0.2) is 5.97 Å². The molecular weight excluding hydrogens is 484 g/mol. The Labute approximate surface area is 231 Å². The topological polar surface area (TPSA) is 40.1 Å². The summed E-state index contributed by atoms with van der Waals surface area (Å²) in [6.45, 7) is 0. The molecule has 5 aliphatic rings. The quantitative estimate of drug-likeness (QED) is 0.320. The van der Waals surface area contributed by atoms with Gasteiger partial charge in [-0.15, -0.1) is 0 Å². The summed E-state index contributed by atoms with van der Waals surface area (Å²) < 4.78 is 0. The second kappa shape index (κ2) is 11.3. The number of aliphatic carboxylic acids is 1. The zero-order valence-corrected chi connectivity index (χ0v) is 23.2. The van der Waals surface area contributed by atoms with Crippen LogP contribution >= 0.6 is 0 Å². The number of carboxylic acids is 1. The van der Waals surface area contributed by atoms with E-state index in [2.05, 4.69) is 84.9 Å². The van der Waals surface area contributed by atoms with Gasteiger partial charge in [-0.05, 0) is 117 Å². The van der Waals surface area contributed by atoms with E-state index in [0.717, 1.165) is 25.2 Å². The molecule has 0 N–H and O–H groups in total. The number of hydrogen-bond donors (Lipinski definition) is 0. The fourth-order valence-corrected chi connectivity index (χ4v) is 10.3. The molecule has 3 aromatic carbocycles. The molecule has 5 saturated carbocycles. The lowest BCUT2D eigenvalue weighted by molar-refractivity contribution is -0.327. The van der Waals surface area contributed by atoms with Crippen molar-refractivity contribution < 1.29 is 9.90 Å². The zero-order chi connectivity index (χ0) is 26.0. The van der Waals surface area contributed by atoms with Crippen LogP contribution in [0.1, 0.15) is 82.1 Å². The number of hydrogen-bond acceptors (Lipinski definition) is 2. The summed E-state index contributed by atoms with van der Waals surface area (Å²) in [4.78, 5) is 15.3. The highest BCUT2D eigenvalue weighted by atomic mass is 32.2.